The Morgan fingerprint density at radius 1 is 0.583 bits per heavy atom. The summed E-state index contributed by atoms with van der Waals surface area (Å²) in [6, 6.07) is 8.64. The molecule has 0 aromatic carbocycles. The van der Waals surface area contributed by atoms with E-state index in [4.69, 9.17) is 0 Å². The maximum atomic E-state index is 4.56. The van der Waals surface area contributed by atoms with E-state index >= 15 is 0 Å². The normalized spacial score (nSPS) is 10.5. The molecule has 0 spiro atoms. The fraction of sp³-hybridized carbons (Fsp3) is 0.222. The molecule has 4 aromatic rings. The molecule has 0 atom stereocenters. The van der Waals surface area contributed by atoms with Gasteiger partial charge in [-0.25, -0.2) is 9.97 Å². The Bertz CT molecular complexity index is 850. The number of rotatable bonds is 3. The Morgan fingerprint density at radius 2 is 1.00 bits per heavy atom. The third-order valence-electron chi connectivity index (χ3n) is 3.16. The van der Waals surface area contributed by atoms with Crippen LogP contribution in [0.3, 0.4) is 0 Å². The van der Waals surface area contributed by atoms with Crippen molar-refractivity contribution in [3.8, 4) is 29.5 Å². The second-order valence-electron chi connectivity index (χ2n) is 4.88. The zero-order valence-corrected chi connectivity index (χ0v) is 17.3. The van der Waals surface area contributed by atoms with E-state index < -0.39 is 0 Å². The minimum Gasteiger partial charge on any atom is -0.241 e. The zero-order chi connectivity index (χ0) is 17.1. The molecule has 4 rings (SSSR count). The van der Waals surface area contributed by atoms with E-state index in [9.17, 15) is 0 Å². The van der Waals surface area contributed by atoms with Crippen molar-refractivity contribution in [2.45, 2.75) is 27.7 Å². The summed E-state index contributed by atoms with van der Waals surface area (Å²) < 4.78 is 0. The Kier molecular flexibility index (Phi) is 5.61. The second kappa shape index (κ2) is 7.70. The fourth-order valence-corrected chi connectivity index (χ4v) is 5.86. The van der Waals surface area contributed by atoms with Gasteiger partial charge in [0.25, 0.3) is 0 Å². The number of aryl methyl sites for hydroxylation is 2. The second-order valence-corrected chi connectivity index (χ2v) is 9.52. The average Bonchev–Trinajstić information content (AvgIpc) is 3.35. The molecule has 124 valence electrons. The molecule has 0 aliphatic heterocycles. The van der Waals surface area contributed by atoms with E-state index in [1.165, 1.54) is 29.3 Å². The SMILES string of the molecule is CC.Cc1ccc(-c2cnc(-c3ncc(-c4ccc(C)s4)s3)s2)s1. The van der Waals surface area contributed by atoms with Crippen LogP contribution in [0.1, 0.15) is 23.6 Å². The Balaban J connectivity index is 0.000000815. The molecule has 4 aromatic heterocycles. The summed E-state index contributed by atoms with van der Waals surface area (Å²) in [5, 5.41) is 2.01. The first kappa shape index (κ1) is 17.5. The summed E-state index contributed by atoms with van der Waals surface area (Å²) in [5.74, 6) is 0. The molecule has 24 heavy (non-hydrogen) atoms. The molecule has 4 heterocycles. The molecule has 2 nitrogen and oxygen atoms in total. The maximum absolute atomic E-state index is 4.56. The van der Waals surface area contributed by atoms with Crippen LogP contribution in [-0.2, 0) is 0 Å². The smallest absolute Gasteiger partial charge is 0.152 e. The number of aromatic nitrogens is 2. The Hall–Kier alpha value is -1.34. The van der Waals surface area contributed by atoms with Crippen LogP contribution in [0.4, 0.5) is 0 Å². The third kappa shape index (κ3) is 3.67. The topological polar surface area (TPSA) is 25.8 Å². The molecule has 6 heteroatoms. The van der Waals surface area contributed by atoms with Gasteiger partial charge in [-0.15, -0.1) is 45.3 Å². The molecular formula is C18H18N2S4. The minimum atomic E-state index is 1.01. The van der Waals surface area contributed by atoms with Crippen LogP contribution in [0.5, 0.6) is 0 Å². The monoisotopic (exact) mass is 390 g/mol. The maximum Gasteiger partial charge on any atom is 0.152 e. The first-order valence-corrected chi connectivity index (χ1v) is 11.0. The number of hydrogen-bond acceptors (Lipinski definition) is 6. The highest BCUT2D eigenvalue weighted by Crippen LogP contribution is 2.39. The summed E-state index contributed by atoms with van der Waals surface area (Å²) in [7, 11) is 0. The van der Waals surface area contributed by atoms with Gasteiger partial charge in [0, 0.05) is 31.9 Å². The van der Waals surface area contributed by atoms with Crippen molar-refractivity contribution in [3.63, 3.8) is 0 Å². The van der Waals surface area contributed by atoms with Crippen LogP contribution in [0.2, 0.25) is 0 Å². The van der Waals surface area contributed by atoms with E-state index in [0.29, 0.717) is 0 Å². The van der Waals surface area contributed by atoms with E-state index in [1.54, 1.807) is 22.7 Å². The van der Waals surface area contributed by atoms with Crippen molar-refractivity contribution in [2.75, 3.05) is 0 Å². The third-order valence-corrected chi connectivity index (χ3v) is 7.69. The quantitative estimate of drug-likeness (QED) is 0.365. The molecule has 0 aliphatic carbocycles. The van der Waals surface area contributed by atoms with Crippen LogP contribution in [0, 0.1) is 13.8 Å². The summed E-state index contributed by atoms with van der Waals surface area (Å²) in [5.41, 5.74) is 0. The lowest BCUT2D eigenvalue weighted by atomic mass is 10.4. The summed E-state index contributed by atoms with van der Waals surface area (Å²) in [6.45, 7) is 8.26. The molecule has 0 unspecified atom stereocenters. The van der Waals surface area contributed by atoms with Gasteiger partial charge in [0.1, 0.15) is 0 Å². The van der Waals surface area contributed by atoms with Gasteiger partial charge >= 0.3 is 0 Å². The first-order chi connectivity index (χ1) is 11.7. The van der Waals surface area contributed by atoms with Gasteiger partial charge in [-0.05, 0) is 38.1 Å². The summed E-state index contributed by atoms with van der Waals surface area (Å²) in [4.78, 5) is 16.8. The van der Waals surface area contributed by atoms with Crippen molar-refractivity contribution in [3.05, 3.63) is 46.4 Å². The number of thiophene rings is 2. The number of hydrogen-bond donors (Lipinski definition) is 0. The van der Waals surface area contributed by atoms with Crippen molar-refractivity contribution in [1.29, 1.82) is 0 Å². The van der Waals surface area contributed by atoms with Gasteiger partial charge in [-0.2, -0.15) is 0 Å². The minimum absolute atomic E-state index is 1.01. The largest absolute Gasteiger partial charge is 0.241 e. The van der Waals surface area contributed by atoms with Crippen LogP contribution < -0.4 is 0 Å². The predicted molar refractivity (Wildman–Crippen MR) is 111 cm³/mol. The van der Waals surface area contributed by atoms with Gasteiger partial charge in [0.2, 0.25) is 0 Å². The molecule has 0 saturated heterocycles. The van der Waals surface area contributed by atoms with Crippen LogP contribution >= 0.6 is 45.3 Å². The van der Waals surface area contributed by atoms with Crippen molar-refractivity contribution in [2.24, 2.45) is 0 Å². The Morgan fingerprint density at radius 3 is 1.33 bits per heavy atom. The fourth-order valence-electron chi connectivity index (χ4n) is 2.11. The molecule has 0 aliphatic rings. The Labute approximate surface area is 158 Å². The highest BCUT2D eigenvalue weighted by molar-refractivity contribution is 7.28. The number of nitrogens with zero attached hydrogens (tertiary/aromatic N) is 2. The summed E-state index contributed by atoms with van der Waals surface area (Å²) in [6.07, 6.45) is 3.92. The van der Waals surface area contributed by atoms with Crippen molar-refractivity contribution >= 4 is 45.3 Å². The van der Waals surface area contributed by atoms with E-state index in [2.05, 4.69) is 48.1 Å². The zero-order valence-electron chi connectivity index (χ0n) is 14.0. The van der Waals surface area contributed by atoms with E-state index in [-0.39, 0.29) is 0 Å². The highest BCUT2D eigenvalue weighted by atomic mass is 32.1. The lowest BCUT2D eigenvalue weighted by Crippen LogP contribution is -1.68. The molecule has 0 radical (unpaired) electrons. The van der Waals surface area contributed by atoms with Crippen molar-refractivity contribution < 1.29 is 0 Å². The highest BCUT2D eigenvalue weighted by Gasteiger charge is 2.13. The molecule has 0 saturated carbocycles. The average molecular weight is 391 g/mol. The van der Waals surface area contributed by atoms with Crippen molar-refractivity contribution in [1.82, 2.24) is 9.97 Å². The lowest BCUT2D eigenvalue weighted by molar-refractivity contribution is 1.36. The molecule has 0 amide bonds. The van der Waals surface area contributed by atoms with Crippen LogP contribution in [0.15, 0.2) is 36.7 Å². The van der Waals surface area contributed by atoms with Crippen LogP contribution in [-0.4, -0.2) is 9.97 Å². The molecule has 0 N–H and O–H groups in total. The van der Waals surface area contributed by atoms with Gasteiger partial charge in [0.05, 0.1) is 9.75 Å². The van der Waals surface area contributed by atoms with Gasteiger partial charge < -0.3 is 0 Å². The standard InChI is InChI=1S/C16H12N2S4.C2H6/c1-9-3-5-11(19-9)13-7-17-15(21-13)16-18-8-14(22-16)12-6-4-10(2)20-12;1-2/h3-8H,1-2H3;1-2H3. The van der Waals surface area contributed by atoms with Crippen LogP contribution in [0.25, 0.3) is 29.5 Å². The van der Waals surface area contributed by atoms with Gasteiger partial charge in [-0.1, -0.05) is 13.8 Å². The molecular weight excluding hydrogens is 372 g/mol. The van der Waals surface area contributed by atoms with E-state index in [1.807, 2.05) is 48.9 Å². The molecule has 0 fully saturated rings. The van der Waals surface area contributed by atoms with E-state index in [0.717, 1.165) is 10.0 Å². The number of thiazole rings is 2. The van der Waals surface area contributed by atoms with Gasteiger partial charge in [-0.3, -0.25) is 0 Å². The molecule has 0 bridgehead atoms. The lowest BCUT2D eigenvalue weighted by Gasteiger charge is -1.88. The van der Waals surface area contributed by atoms with Gasteiger partial charge in [0.15, 0.2) is 10.0 Å². The summed E-state index contributed by atoms with van der Waals surface area (Å²) >= 11 is 7.05. The predicted octanol–water partition coefficient (Wildman–Crippen LogP) is 7.37. The first-order valence-electron chi connectivity index (χ1n) is 7.75.